The Morgan fingerprint density at radius 1 is 1.11 bits per heavy atom. The Morgan fingerprint density at radius 3 is 2.50 bits per heavy atom. The lowest BCUT2D eigenvalue weighted by Crippen LogP contribution is -2.45. The van der Waals surface area contributed by atoms with E-state index < -0.39 is 0 Å². The normalized spacial score (nSPS) is 18.0. The summed E-state index contributed by atoms with van der Waals surface area (Å²) in [4.78, 5) is 25.9. The highest BCUT2D eigenvalue weighted by molar-refractivity contribution is 5.92. The first-order valence-electron chi connectivity index (χ1n) is 9.76. The van der Waals surface area contributed by atoms with Crippen molar-refractivity contribution in [3.8, 4) is 0 Å². The minimum atomic E-state index is -0.334. The number of nitrogens with zero attached hydrogens (tertiary/aromatic N) is 1. The number of cyclic esters (lactones) is 1. The molecule has 0 bridgehead atoms. The monoisotopic (exact) mass is 379 g/mol. The molecule has 1 aliphatic carbocycles. The Balaban J connectivity index is 1.45. The van der Waals surface area contributed by atoms with Crippen LogP contribution in [0, 0.1) is 6.92 Å². The third-order valence-corrected chi connectivity index (χ3v) is 5.58. The van der Waals surface area contributed by atoms with Gasteiger partial charge >= 0.3 is 12.1 Å². The van der Waals surface area contributed by atoms with Crippen molar-refractivity contribution in [2.24, 2.45) is 0 Å². The lowest BCUT2D eigenvalue weighted by molar-refractivity contribution is 0.181. The first-order chi connectivity index (χ1) is 13.6. The molecule has 0 unspecified atom stereocenters. The lowest BCUT2D eigenvalue weighted by Gasteiger charge is -2.31. The van der Waals surface area contributed by atoms with Gasteiger partial charge in [0.2, 0.25) is 0 Å². The topological polar surface area (TPSA) is 70.7 Å². The minimum absolute atomic E-state index is 0.211. The van der Waals surface area contributed by atoms with Crippen LogP contribution in [0.15, 0.2) is 48.5 Å². The van der Waals surface area contributed by atoms with Crippen LogP contribution in [0.5, 0.6) is 0 Å². The molecule has 1 heterocycles. The number of hydrogen-bond donors (Lipinski definition) is 2. The molecule has 2 fully saturated rings. The van der Waals surface area contributed by atoms with Crippen LogP contribution in [0.25, 0.3) is 0 Å². The summed E-state index contributed by atoms with van der Waals surface area (Å²) >= 11 is 0. The number of aryl methyl sites for hydroxylation is 1. The van der Waals surface area contributed by atoms with Crippen molar-refractivity contribution in [1.82, 2.24) is 5.32 Å². The lowest BCUT2D eigenvalue weighted by atomic mass is 9.87. The largest absolute Gasteiger partial charge is 0.447 e. The second kappa shape index (κ2) is 7.54. The van der Waals surface area contributed by atoms with Gasteiger partial charge in [-0.25, -0.2) is 9.59 Å². The zero-order valence-electron chi connectivity index (χ0n) is 16.0. The van der Waals surface area contributed by atoms with E-state index in [1.165, 1.54) is 11.1 Å². The summed E-state index contributed by atoms with van der Waals surface area (Å²) in [5, 5.41) is 6.15. The maximum absolute atomic E-state index is 12.7. The van der Waals surface area contributed by atoms with Crippen molar-refractivity contribution in [1.29, 1.82) is 0 Å². The number of urea groups is 1. The number of nitrogens with one attached hydrogen (secondary N) is 2. The van der Waals surface area contributed by atoms with E-state index in [0.29, 0.717) is 18.8 Å². The van der Waals surface area contributed by atoms with Gasteiger partial charge in [0.05, 0.1) is 12.1 Å². The molecule has 0 aromatic heterocycles. The molecule has 4 rings (SSSR count). The molecule has 28 heavy (non-hydrogen) atoms. The van der Waals surface area contributed by atoms with Crippen LogP contribution in [0.2, 0.25) is 0 Å². The van der Waals surface area contributed by atoms with E-state index in [1.54, 1.807) is 17.0 Å². The molecular weight excluding hydrogens is 354 g/mol. The smallest absolute Gasteiger partial charge is 0.414 e. The van der Waals surface area contributed by atoms with E-state index in [4.69, 9.17) is 4.74 Å². The van der Waals surface area contributed by atoms with Crippen molar-refractivity contribution >= 4 is 23.5 Å². The van der Waals surface area contributed by atoms with Gasteiger partial charge in [-0.3, -0.25) is 4.90 Å². The maximum atomic E-state index is 12.7. The average Bonchev–Trinajstić information content (AvgIpc) is 3.32. The van der Waals surface area contributed by atoms with Crippen LogP contribution >= 0.6 is 0 Å². The molecule has 146 valence electrons. The molecule has 2 N–H and O–H groups in total. The van der Waals surface area contributed by atoms with Gasteiger partial charge in [-0.05, 0) is 49.6 Å². The number of carbonyl (C=O) groups excluding carboxylic acids is 2. The zero-order valence-corrected chi connectivity index (χ0v) is 16.0. The number of amides is 3. The molecule has 0 spiro atoms. The molecule has 1 saturated heterocycles. The van der Waals surface area contributed by atoms with Crippen LogP contribution in [0.4, 0.5) is 21.0 Å². The molecule has 3 amide bonds. The summed E-state index contributed by atoms with van der Waals surface area (Å²) in [6, 6.07) is 15.4. The van der Waals surface area contributed by atoms with E-state index in [0.717, 1.165) is 31.4 Å². The van der Waals surface area contributed by atoms with Crippen molar-refractivity contribution in [2.45, 2.75) is 38.1 Å². The highest BCUT2D eigenvalue weighted by Crippen LogP contribution is 2.39. The van der Waals surface area contributed by atoms with E-state index in [-0.39, 0.29) is 17.7 Å². The maximum Gasteiger partial charge on any atom is 0.414 e. The fraction of sp³-hybridized carbons (Fsp3) is 0.364. The molecule has 1 aliphatic heterocycles. The number of hydrogen-bond acceptors (Lipinski definition) is 3. The van der Waals surface area contributed by atoms with E-state index in [1.807, 2.05) is 18.2 Å². The van der Waals surface area contributed by atoms with Crippen molar-refractivity contribution in [2.75, 3.05) is 23.4 Å². The molecule has 2 aliphatic rings. The van der Waals surface area contributed by atoms with Crippen molar-refractivity contribution < 1.29 is 14.3 Å². The average molecular weight is 379 g/mol. The quantitative estimate of drug-likeness (QED) is 0.819. The molecule has 6 heteroatoms. The van der Waals surface area contributed by atoms with Crippen molar-refractivity contribution in [3.63, 3.8) is 0 Å². The van der Waals surface area contributed by atoms with Gasteiger partial charge in [0.15, 0.2) is 0 Å². The SMILES string of the molecule is Cc1cccc(C2(NC(=O)Nc3ccc(N4CCOC4=O)cc3)CCCC2)c1. The predicted octanol–water partition coefficient (Wildman–Crippen LogP) is 4.54. The van der Waals surface area contributed by atoms with Gasteiger partial charge in [0.25, 0.3) is 0 Å². The summed E-state index contributed by atoms with van der Waals surface area (Å²) in [5.74, 6) is 0. The Morgan fingerprint density at radius 2 is 1.86 bits per heavy atom. The third-order valence-electron chi connectivity index (χ3n) is 5.58. The first kappa shape index (κ1) is 18.3. The zero-order chi connectivity index (χ0) is 19.6. The number of rotatable bonds is 4. The molecule has 2 aromatic rings. The highest BCUT2D eigenvalue weighted by Gasteiger charge is 2.37. The van der Waals surface area contributed by atoms with Crippen LogP contribution < -0.4 is 15.5 Å². The summed E-state index contributed by atoms with van der Waals surface area (Å²) in [6.45, 7) is 3.03. The van der Waals surface area contributed by atoms with Gasteiger partial charge in [0, 0.05) is 11.4 Å². The standard InChI is InChI=1S/C22H25N3O3/c1-16-5-4-6-17(15-16)22(11-2-3-12-22)24-20(26)23-18-7-9-19(10-8-18)25-13-14-28-21(25)27/h4-10,15H,2-3,11-14H2,1H3,(H2,23,24,26). The number of ether oxygens (including phenoxy) is 1. The Bertz CT molecular complexity index is 873. The predicted molar refractivity (Wildman–Crippen MR) is 109 cm³/mol. The molecule has 6 nitrogen and oxygen atoms in total. The van der Waals surface area contributed by atoms with E-state index >= 15 is 0 Å². The van der Waals surface area contributed by atoms with Gasteiger partial charge < -0.3 is 15.4 Å². The van der Waals surface area contributed by atoms with Crippen LogP contribution in [-0.4, -0.2) is 25.3 Å². The summed E-state index contributed by atoms with van der Waals surface area (Å²) in [6.07, 6.45) is 3.77. The van der Waals surface area contributed by atoms with Crippen LogP contribution in [0.1, 0.15) is 36.8 Å². The highest BCUT2D eigenvalue weighted by atomic mass is 16.6. The minimum Gasteiger partial charge on any atom is -0.447 e. The van der Waals surface area contributed by atoms with E-state index in [2.05, 4.69) is 35.8 Å². The molecule has 0 radical (unpaired) electrons. The number of benzene rings is 2. The fourth-order valence-electron chi connectivity index (χ4n) is 4.14. The second-order valence-electron chi connectivity index (χ2n) is 7.55. The fourth-order valence-corrected chi connectivity index (χ4v) is 4.14. The second-order valence-corrected chi connectivity index (χ2v) is 7.55. The number of anilines is 2. The summed E-state index contributed by atoms with van der Waals surface area (Å²) in [7, 11) is 0. The third kappa shape index (κ3) is 3.67. The number of carbonyl (C=O) groups is 2. The van der Waals surface area contributed by atoms with Crippen LogP contribution in [0.3, 0.4) is 0 Å². The molecule has 1 saturated carbocycles. The summed E-state index contributed by atoms with van der Waals surface area (Å²) in [5.41, 5.74) is 3.51. The Labute approximate surface area is 164 Å². The first-order valence-corrected chi connectivity index (χ1v) is 9.76. The van der Waals surface area contributed by atoms with Gasteiger partial charge in [-0.15, -0.1) is 0 Å². The van der Waals surface area contributed by atoms with Gasteiger partial charge in [0.1, 0.15) is 6.61 Å². The van der Waals surface area contributed by atoms with Gasteiger partial charge in [-0.2, -0.15) is 0 Å². The van der Waals surface area contributed by atoms with E-state index in [9.17, 15) is 9.59 Å². The van der Waals surface area contributed by atoms with Crippen molar-refractivity contribution in [3.05, 3.63) is 59.7 Å². The van der Waals surface area contributed by atoms with Crippen LogP contribution in [-0.2, 0) is 10.3 Å². The molecule has 0 atom stereocenters. The Hall–Kier alpha value is -3.02. The summed E-state index contributed by atoms with van der Waals surface area (Å²) < 4.78 is 4.96. The molecular formula is C22H25N3O3. The Kier molecular flexibility index (Phi) is 4.94. The van der Waals surface area contributed by atoms with Gasteiger partial charge in [-0.1, -0.05) is 42.7 Å². The molecule has 2 aromatic carbocycles.